The van der Waals surface area contributed by atoms with E-state index in [1.165, 1.54) is 68.5 Å². The quantitative estimate of drug-likeness (QED) is 0.0595. The van der Waals surface area contributed by atoms with Crippen LogP contribution in [-0.2, 0) is 37.5 Å². The number of halogens is 2. The second kappa shape index (κ2) is 35.6. The molecule has 13 rings (SSSR count). The van der Waals surface area contributed by atoms with Gasteiger partial charge >= 0.3 is 0 Å². The van der Waals surface area contributed by atoms with E-state index in [2.05, 4.69) is 197 Å². The van der Waals surface area contributed by atoms with E-state index in [9.17, 15) is 5.11 Å². The maximum atomic E-state index is 9.47. The molecule has 0 aliphatic carbocycles. The van der Waals surface area contributed by atoms with Crippen molar-refractivity contribution in [3.63, 3.8) is 0 Å². The second-order valence-corrected chi connectivity index (χ2v) is 21.2. The lowest BCUT2D eigenvalue weighted by Gasteiger charge is -2.07. The average Bonchev–Trinajstić information content (AvgIpc) is 4.55. The molecule has 0 bridgehead atoms. The molecule has 0 saturated carbocycles. The topological polar surface area (TPSA) is 262 Å². The first-order valence-electron chi connectivity index (χ1n) is 28.9. The van der Waals surface area contributed by atoms with Gasteiger partial charge in [0.15, 0.2) is 0 Å². The van der Waals surface area contributed by atoms with Gasteiger partial charge in [-0.3, -0.25) is 4.79 Å². The van der Waals surface area contributed by atoms with Crippen LogP contribution in [0.5, 0.6) is 29.0 Å². The molecule has 0 radical (unpaired) electrons. The molecule has 90 heavy (non-hydrogen) atoms. The molecule has 5 N–H and O–H groups in total. The first-order valence-corrected chi connectivity index (χ1v) is 30.8. The molecular formula is C69H72ClIN14O5. The van der Waals surface area contributed by atoms with Crippen LogP contribution in [0.4, 0.5) is 0 Å². The van der Waals surface area contributed by atoms with Crippen molar-refractivity contribution in [2.75, 3.05) is 4.43 Å². The second-order valence-electron chi connectivity index (χ2n) is 19.2. The largest absolute Gasteiger partial charge is 0.507 e. The molecule has 462 valence electrons. The number of nitrogens with two attached hydrogens (primary N) is 1. The van der Waals surface area contributed by atoms with Crippen LogP contribution in [0.15, 0.2) is 189 Å². The standard InChI is InChI=1S/C15H16N4O.C15H12N4O.C11H13N.C10H11NO.C9H9N.C5H2ClN3.C2H5I.C2H4O2/c2*1-2-19-7-6-12-13(19)4-3-5-14(12)20-15-8-11(9-16)17-10-18-15;1-3-12-8-7-10-9(2)5-4-6-11(10)12;1-2-11-7-6-8-9(11)4-3-5-10(8)12;1-7-3-2-4-9-8(7)5-6-10-9;6-5-1-4(2-7)8-3-9-5;1-2-3;1-2(3)4/h3-8,10H,2,9,16H2,1H3;3-8,10H,2H2,1H3;4-8H,3H2,1-2H3;3-7,12H,2H2,1H3;2-6,10H,1H3;1,3H;2H2,1H3;1H3,(H,3,4). The van der Waals surface area contributed by atoms with Crippen molar-refractivity contribution in [3.05, 3.63) is 223 Å². The van der Waals surface area contributed by atoms with Crippen molar-refractivity contribution in [1.29, 1.82) is 10.5 Å². The summed E-state index contributed by atoms with van der Waals surface area (Å²) >= 11 is 7.71. The fraction of sp³-hybridized carbons (Fsp3) is 0.203. The molecule has 5 aromatic carbocycles. The normalized spacial score (nSPS) is 10.1. The van der Waals surface area contributed by atoms with Gasteiger partial charge in [-0.25, -0.2) is 29.9 Å². The summed E-state index contributed by atoms with van der Waals surface area (Å²) in [5.74, 6) is 1.92. The summed E-state index contributed by atoms with van der Waals surface area (Å²) in [5, 5.41) is 40.0. The minimum Gasteiger partial charge on any atom is -0.507 e. The highest BCUT2D eigenvalue weighted by atomic mass is 127. The number of nitrogens with zero attached hydrogens (tertiary/aromatic N) is 12. The number of aromatic hydroxyl groups is 1. The van der Waals surface area contributed by atoms with Gasteiger partial charge in [0.25, 0.3) is 5.97 Å². The van der Waals surface area contributed by atoms with E-state index in [0.29, 0.717) is 29.2 Å². The van der Waals surface area contributed by atoms with Gasteiger partial charge < -0.3 is 48.7 Å². The Hall–Kier alpha value is -10.1. The van der Waals surface area contributed by atoms with Crippen molar-refractivity contribution in [2.45, 2.75) is 88.1 Å². The monoisotopic (exact) mass is 1340 g/mol. The molecule has 0 atom stereocenters. The van der Waals surface area contributed by atoms with Crippen LogP contribution in [0.2, 0.25) is 5.15 Å². The average molecular weight is 1340 g/mol. The molecule has 0 aliphatic rings. The van der Waals surface area contributed by atoms with Crippen molar-refractivity contribution in [2.24, 2.45) is 5.73 Å². The Morgan fingerprint density at radius 3 is 1.46 bits per heavy atom. The van der Waals surface area contributed by atoms with Gasteiger partial charge in [-0.05, 0) is 136 Å². The van der Waals surface area contributed by atoms with Crippen LogP contribution < -0.4 is 15.2 Å². The minimum atomic E-state index is -0.833. The molecule has 0 fully saturated rings. The fourth-order valence-electron chi connectivity index (χ4n) is 9.12. The smallest absolute Gasteiger partial charge is 0.300 e. The maximum Gasteiger partial charge on any atom is 0.300 e. The number of carbonyl (C=O) groups is 1. The van der Waals surface area contributed by atoms with E-state index in [-0.39, 0.29) is 11.4 Å². The number of phenols is 1. The van der Waals surface area contributed by atoms with Gasteiger partial charge in [0.2, 0.25) is 11.8 Å². The number of carboxylic acids is 1. The summed E-state index contributed by atoms with van der Waals surface area (Å²) in [6.07, 6.45) is 14.2. The Labute approximate surface area is 541 Å². The summed E-state index contributed by atoms with van der Waals surface area (Å²) in [4.78, 5) is 35.4. The summed E-state index contributed by atoms with van der Waals surface area (Å²) in [7, 11) is 0. The molecule has 8 aromatic heterocycles. The van der Waals surface area contributed by atoms with E-state index >= 15 is 0 Å². The number of phenolic OH excluding ortho intramolecular Hbond substituents is 1. The Morgan fingerprint density at radius 2 is 0.978 bits per heavy atom. The van der Waals surface area contributed by atoms with Gasteiger partial charge in [-0.15, -0.1) is 0 Å². The number of rotatable bonds is 9. The number of carboxylic acid groups (broad SMARTS) is 1. The third kappa shape index (κ3) is 19.4. The van der Waals surface area contributed by atoms with Crippen LogP contribution >= 0.6 is 34.2 Å². The van der Waals surface area contributed by atoms with Crippen molar-refractivity contribution in [1.82, 2.24) is 53.2 Å². The number of hydrogen-bond donors (Lipinski definition) is 4. The van der Waals surface area contributed by atoms with Crippen LogP contribution in [0, 0.1) is 36.5 Å². The summed E-state index contributed by atoms with van der Waals surface area (Å²) in [5.41, 5.74) is 15.5. The Morgan fingerprint density at radius 1 is 0.567 bits per heavy atom. The number of nitrogens with one attached hydrogen (secondary N) is 1. The molecule has 0 saturated heterocycles. The van der Waals surface area contributed by atoms with E-state index < -0.39 is 5.97 Å². The third-order valence-electron chi connectivity index (χ3n) is 13.4. The third-order valence-corrected chi connectivity index (χ3v) is 13.6. The summed E-state index contributed by atoms with van der Waals surface area (Å²) in [6, 6.07) is 49.0. The number of benzene rings is 5. The van der Waals surface area contributed by atoms with Crippen molar-refractivity contribution in [3.8, 4) is 41.1 Å². The molecule has 8 heterocycles. The predicted molar refractivity (Wildman–Crippen MR) is 366 cm³/mol. The van der Waals surface area contributed by atoms with E-state index in [1.807, 2.05) is 85.3 Å². The molecule has 19 nitrogen and oxygen atoms in total. The van der Waals surface area contributed by atoms with Crippen molar-refractivity contribution < 1.29 is 24.5 Å². The van der Waals surface area contributed by atoms with Crippen LogP contribution in [0.25, 0.3) is 54.5 Å². The van der Waals surface area contributed by atoms with Crippen LogP contribution in [0.1, 0.15) is 69.8 Å². The van der Waals surface area contributed by atoms with Gasteiger partial charge in [0.05, 0.1) is 22.2 Å². The molecule has 0 unspecified atom stereocenters. The summed E-state index contributed by atoms with van der Waals surface area (Å²) in [6.45, 7) is 20.1. The Balaban J connectivity index is 0.000000172. The number of fused-ring (bicyclic) bond motifs is 5. The van der Waals surface area contributed by atoms with Crippen molar-refractivity contribution >= 4 is 94.7 Å². The number of ether oxygens (including phenoxy) is 2. The first-order chi connectivity index (χ1) is 43.6. The maximum absolute atomic E-state index is 9.47. The number of aryl methyl sites for hydroxylation is 6. The van der Waals surface area contributed by atoms with Gasteiger partial charge in [0, 0.05) is 127 Å². The molecule has 0 aliphatic heterocycles. The number of nitriles is 2. The fourth-order valence-corrected chi connectivity index (χ4v) is 9.27. The minimum absolute atomic E-state index is 0.285. The molecule has 0 amide bonds. The highest BCUT2D eigenvalue weighted by Gasteiger charge is 2.11. The Kier molecular flexibility index (Phi) is 27.3. The number of alkyl halides is 1. The molecule has 13 aromatic rings. The SMILES string of the molecule is CC(=O)O.CCI.CCn1ccc2c(C)cccc21.CCn1ccc2c(O)cccc21.CCn1ccc2c(Oc3cc(C#N)ncn3)cccc21.CCn1ccc2c(Oc3cc(CN)ncn3)cccc21.Cc1cccc2[nH]ccc12.N#Cc1cc(Cl)ncn1. The molecular weight excluding hydrogens is 1270 g/mol. The number of aromatic nitrogens is 11. The lowest BCUT2D eigenvalue weighted by Crippen LogP contribution is -2.00. The van der Waals surface area contributed by atoms with Gasteiger partial charge in [-0.1, -0.05) is 83.6 Å². The zero-order chi connectivity index (χ0) is 65.0. The zero-order valence-electron chi connectivity index (χ0n) is 51.5. The lowest BCUT2D eigenvalue weighted by molar-refractivity contribution is -0.134. The molecule has 21 heteroatoms. The predicted octanol–water partition coefficient (Wildman–Crippen LogP) is 16.2. The highest BCUT2D eigenvalue weighted by Crippen LogP contribution is 2.32. The zero-order valence-corrected chi connectivity index (χ0v) is 54.4. The van der Waals surface area contributed by atoms with E-state index in [1.54, 1.807) is 12.1 Å². The van der Waals surface area contributed by atoms with E-state index in [0.717, 1.165) is 83.0 Å². The van der Waals surface area contributed by atoms with Crippen LogP contribution in [-0.4, -0.2) is 73.8 Å². The Bertz CT molecular complexity index is 4400. The number of aromatic amines is 1. The number of H-pyrrole nitrogens is 1. The lowest BCUT2D eigenvalue weighted by atomic mass is 10.1. The highest BCUT2D eigenvalue weighted by molar-refractivity contribution is 14.1. The number of aliphatic carboxylic acids is 1. The van der Waals surface area contributed by atoms with E-state index in [4.69, 9.17) is 47.2 Å². The van der Waals surface area contributed by atoms with Crippen LogP contribution in [0.3, 0.4) is 0 Å². The van der Waals surface area contributed by atoms with Gasteiger partial charge in [-0.2, -0.15) is 10.5 Å². The number of hydrogen-bond acceptors (Lipinski definition) is 13. The molecule has 0 spiro atoms. The first kappa shape index (κ1) is 69.0. The van der Waals surface area contributed by atoms with Gasteiger partial charge in [0.1, 0.15) is 64.9 Å². The summed E-state index contributed by atoms with van der Waals surface area (Å²) < 4.78 is 21.6.